The van der Waals surface area contributed by atoms with Gasteiger partial charge in [0.2, 0.25) is 0 Å². The normalized spacial score (nSPS) is 44.8. The minimum Gasteiger partial charge on any atom is -0.469 e. The maximum absolute atomic E-state index is 11.3. The molecule has 0 heterocycles. The van der Waals surface area contributed by atoms with Gasteiger partial charge in [-0.15, -0.1) is 0 Å². The lowest BCUT2D eigenvalue weighted by Gasteiger charge is -2.15. The standard InChI is InChI=1S/C9H14O3/c1-12-9(11)8-5-2-3-6(8)7(10)4-5/h5-8,10H,2-4H2,1H3. The molecule has 0 radical (unpaired) electrons. The molecule has 1 N–H and O–H groups in total. The molecule has 0 aromatic rings. The van der Waals surface area contributed by atoms with E-state index in [0.717, 1.165) is 19.3 Å². The first kappa shape index (κ1) is 8.05. The van der Waals surface area contributed by atoms with E-state index in [9.17, 15) is 9.90 Å². The van der Waals surface area contributed by atoms with Crippen molar-refractivity contribution in [2.24, 2.45) is 17.8 Å². The predicted octanol–water partition coefficient (Wildman–Crippen LogP) is 0.566. The smallest absolute Gasteiger partial charge is 0.309 e. The molecule has 12 heavy (non-hydrogen) atoms. The third kappa shape index (κ3) is 0.959. The van der Waals surface area contributed by atoms with Crippen molar-refractivity contribution in [3.63, 3.8) is 0 Å². The van der Waals surface area contributed by atoms with Gasteiger partial charge >= 0.3 is 5.97 Å². The Hall–Kier alpha value is -0.570. The molecule has 0 saturated heterocycles. The number of carbonyl (C=O) groups excluding carboxylic acids is 1. The third-order valence-electron chi connectivity index (χ3n) is 3.35. The second kappa shape index (κ2) is 2.73. The average molecular weight is 170 g/mol. The van der Waals surface area contributed by atoms with Crippen LogP contribution in [0.5, 0.6) is 0 Å². The molecule has 2 bridgehead atoms. The molecule has 0 amide bonds. The summed E-state index contributed by atoms with van der Waals surface area (Å²) in [6.45, 7) is 0. The summed E-state index contributed by atoms with van der Waals surface area (Å²) in [5.41, 5.74) is 0. The molecule has 2 saturated carbocycles. The van der Waals surface area contributed by atoms with Gasteiger partial charge in [0.1, 0.15) is 0 Å². The van der Waals surface area contributed by atoms with E-state index in [1.54, 1.807) is 0 Å². The first-order valence-electron chi connectivity index (χ1n) is 4.50. The largest absolute Gasteiger partial charge is 0.469 e. The monoisotopic (exact) mass is 170 g/mol. The average Bonchev–Trinajstić information content (AvgIpc) is 2.59. The van der Waals surface area contributed by atoms with Gasteiger partial charge in [0, 0.05) is 0 Å². The van der Waals surface area contributed by atoms with Gasteiger partial charge in [-0.25, -0.2) is 0 Å². The maximum atomic E-state index is 11.3. The zero-order chi connectivity index (χ0) is 8.72. The Labute approximate surface area is 71.7 Å². The van der Waals surface area contributed by atoms with Crippen molar-refractivity contribution in [1.29, 1.82) is 0 Å². The Morgan fingerprint density at radius 3 is 2.67 bits per heavy atom. The summed E-state index contributed by atoms with van der Waals surface area (Å²) < 4.78 is 4.71. The number of esters is 1. The van der Waals surface area contributed by atoms with Crippen molar-refractivity contribution in [3.05, 3.63) is 0 Å². The fourth-order valence-corrected chi connectivity index (χ4v) is 2.80. The van der Waals surface area contributed by atoms with E-state index in [4.69, 9.17) is 4.74 Å². The van der Waals surface area contributed by atoms with E-state index in [-0.39, 0.29) is 23.9 Å². The summed E-state index contributed by atoms with van der Waals surface area (Å²) in [6.07, 6.45) is 2.62. The van der Waals surface area contributed by atoms with Crippen LogP contribution in [0.15, 0.2) is 0 Å². The number of aliphatic hydroxyl groups is 1. The van der Waals surface area contributed by atoms with Gasteiger partial charge in [0.05, 0.1) is 19.1 Å². The molecule has 3 heteroatoms. The van der Waals surface area contributed by atoms with Crippen molar-refractivity contribution in [1.82, 2.24) is 0 Å². The van der Waals surface area contributed by atoms with Crippen LogP contribution in [0.4, 0.5) is 0 Å². The molecule has 0 aromatic heterocycles. The van der Waals surface area contributed by atoms with E-state index in [1.807, 2.05) is 0 Å². The molecule has 2 fully saturated rings. The van der Waals surface area contributed by atoms with E-state index in [0.29, 0.717) is 5.92 Å². The molecule has 0 aliphatic heterocycles. The molecular formula is C9H14O3. The van der Waals surface area contributed by atoms with Gasteiger partial charge < -0.3 is 9.84 Å². The quantitative estimate of drug-likeness (QED) is 0.585. The van der Waals surface area contributed by atoms with E-state index < -0.39 is 0 Å². The SMILES string of the molecule is COC(=O)C1C2CCC1C(O)C2. The number of hydrogen-bond acceptors (Lipinski definition) is 3. The fourth-order valence-electron chi connectivity index (χ4n) is 2.80. The molecule has 2 aliphatic carbocycles. The Morgan fingerprint density at radius 2 is 2.25 bits per heavy atom. The van der Waals surface area contributed by atoms with Crippen LogP contribution in [-0.4, -0.2) is 24.3 Å². The Kier molecular flexibility index (Phi) is 1.83. The van der Waals surface area contributed by atoms with Crippen LogP contribution in [0.3, 0.4) is 0 Å². The molecule has 3 nitrogen and oxygen atoms in total. The molecule has 4 atom stereocenters. The number of hydrogen-bond donors (Lipinski definition) is 1. The van der Waals surface area contributed by atoms with Gasteiger partial charge in [-0.1, -0.05) is 0 Å². The fraction of sp³-hybridized carbons (Fsp3) is 0.889. The minimum atomic E-state index is -0.257. The zero-order valence-corrected chi connectivity index (χ0v) is 7.19. The number of carbonyl (C=O) groups is 1. The minimum absolute atomic E-state index is 0.00926. The number of methoxy groups -OCH3 is 1. The predicted molar refractivity (Wildman–Crippen MR) is 42.3 cm³/mol. The van der Waals surface area contributed by atoms with Crippen LogP contribution in [0, 0.1) is 17.8 Å². The van der Waals surface area contributed by atoms with Crippen LogP contribution < -0.4 is 0 Å². The van der Waals surface area contributed by atoms with Crippen LogP contribution in [-0.2, 0) is 9.53 Å². The zero-order valence-electron chi connectivity index (χ0n) is 7.19. The number of ether oxygens (including phenoxy) is 1. The molecular weight excluding hydrogens is 156 g/mol. The van der Waals surface area contributed by atoms with Crippen molar-refractivity contribution in [2.75, 3.05) is 7.11 Å². The Morgan fingerprint density at radius 1 is 1.50 bits per heavy atom. The summed E-state index contributed by atoms with van der Waals surface area (Å²) >= 11 is 0. The Bertz CT molecular complexity index is 202. The van der Waals surface area contributed by atoms with E-state index >= 15 is 0 Å². The van der Waals surface area contributed by atoms with Gasteiger partial charge in [-0.3, -0.25) is 4.79 Å². The number of rotatable bonds is 1. The lowest BCUT2D eigenvalue weighted by atomic mass is 9.97. The highest BCUT2D eigenvalue weighted by Crippen LogP contribution is 2.49. The summed E-state index contributed by atoms with van der Waals surface area (Å²) in [5.74, 6) is 0.434. The maximum Gasteiger partial charge on any atom is 0.309 e. The highest BCUT2D eigenvalue weighted by Gasteiger charge is 2.51. The third-order valence-corrected chi connectivity index (χ3v) is 3.35. The molecule has 2 aliphatic rings. The molecule has 0 aromatic carbocycles. The Balaban J connectivity index is 2.13. The highest BCUT2D eigenvalue weighted by atomic mass is 16.5. The molecule has 2 rings (SSSR count). The van der Waals surface area contributed by atoms with E-state index in [2.05, 4.69) is 0 Å². The van der Waals surface area contributed by atoms with Gasteiger partial charge in [-0.05, 0) is 31.1 Å². The second-order valence-corrected chi connectivity index (χ2v) is 3.85. The summed E-state index contributed by atoms with van der Waals surface area (Å²) in [4.78, 5) is 11.3. The van der Waals surface area contributed by atoms with Crippen LogP contribution in [0.2, 0.25) is 0 Å². The summed E-state index contributed by atoms with van der Waals surface area (Å²) in [7, 11) is 1.42. The molecule has 68 valence electrons. The molecule has 4 unspecified atom stereocenters. The first-order chi connectivity index (χ1) is 5.74. The van der Waals surface area contributed by atoms with Crippen molar-refractivity contribution < 1.29 is 14.6 Å². The van der Waals surface area contributed by atoms with Gasteiger partial charge in [0.15, 0.2) is 0 Å². The lowest BCUT2D eigenvalue weighted by molar-refractivity contribution is -0.147. The topological polar surface area (TPSA) is 46.5 Å². The van der Waals surface area contributed by atoms with Gasteiger partial charge in [0.25, 0.3) is 0 Å². The number of fused-ring (bicyclic) bond motifs is 2. The second-order valence-electron chi connectivity index (χ2n) is 3.85. The lowest BCUT2D eigenvalue weighted by Crippen LogP contribution is -2.23. The molecule has 0 spiro atoms. The van der Waals surface area contributed by atoms with E-state index in [1.165, 1.54) is 7.11 Å². The van der Waals surface area contributed by atoms with Crippen LogP contribution >= 0.6 is 0 Å². The van der Waals surface area contributed by atoms with Gasteiger partial charge in [-0.2, -0.15) is 0 Å². The van der Waals surface area contributed by atoms with Crippen LogP contribution in [0.25, 0.3) is 0 Å². The van der Waals surface area contributed by atoms with Crippen LogP contribution in [0.1, 0.15) is 19.3 Å². The summed E-state index contributed by atoms with van der Waals surface area (Å²) in [5, 5.41) is 9.53. The first-order valence-corrected chi connectivity index (χ1v) is 4.50. The number of aliphatic hydroxyl groups excluding tert-OH is 1. The van der Waals surface area contributed by atoms with Crippen molar-refractivity contribution in [3.8, 4) is 0 Å². The van der Waals surface area contributed by atoms with Crippen molar-refractivity contribution in [2.45, 2.75) is 25.4 Å². The summed E-state index contributed by atoms with van der Waals surface area (Å²) in [6, 6.07) is 0. The highest BCUT2D eigenvalue weighted by molar-refractivity contribution is 5.74. The van der Waals surface area contributed by atoms with Crippen molar-refractivity contribution >= 4 is 5.97 Å².